The molecule has 0 saturated heterocycles. The van der Waals surface area contributed by atoms with E-state index in [2.05, 4.69) is 0 Å². The fraction of sp³-hybridized carbons (Fsp3) is 0.133. The first-order valence-electron chi connectivity index (χ1n) is 11.4. The van der Waals surface area contributed by atoms with Crippen molar-refractivity contribution in [1.29, 1.82) is 0 Å². The zero-order valence-corrected chi connectivity index (χ0v) is 24.8. The molecule has 0 aliphatic carbocycles. The molecule has 6 nitrogen and oxygen atoms in total. The predicted molar refractivity (Wildman–Crippen MR) is 146 cm³/mol. The van der Waals surface area contributed by atoms with Gasteiger partial charge in [0.15, 0.2) is 11.6 Å². The summed E-state index contributed by atoms with van der Waals surface area (Å²) in [6.45, 7) is 2.58. The summed E-state index contributed by atoms with van der Waals surface area (Å²) in [5, 5.41) is 46.2. The second-order valence-corrected chi connectivity index (χ2v) is 9.48. The largest absolute Gasteiger partial charge is 4.00 e. The molecule has 2 heterocycles. The van der Waals surface area contributed by atoms with Gasteiger partial charge in [-0.15, -0.1) is 13.2 Å². The molecule has 0 saturated carbocycles. The van der Waals surface area contributed by atoms with Gasteiger partial charge < -0.3 is 20.4 Å². The molecular formula is C30H28O6S2Ti. The summed E-state index contributed by atoms with van der Waals surface area (Å²) in [6.07, 6.45) is 2.19. The molecule has 0 radical (unpaired) electrons. The van der Waals surface area contributed by atoms with Crippen molar-refractivity contribution in [3.05, 3.63) is 129 Å². The van der Waals surface area contributed by atoms with Gasteiger partial charge in [0, 0.05) is 0 Å². The molecule has 9 heteroatoms. The van der Waals surface area contributed by atoms with E-state index in [1.165, 1.54) is 36.5 Å². The zero-order valence-electron chi connectivity index (χ0n) is 21.6. The maximum Gasteiger partial charge on any atom is 4.00 e. The van der Waals surface area contributed by atoms with Crippen molar-refractivity contribution in [2.45, 2.75) is 27.1 Å². The van der Waals surface area contributed by atoms with Crippen molar-refractivity contribution in [1.82, 2.24) is 0 Å². The van der Waals surface area contributed by atoms with Crippen molar-refractivity contribution >= 4 is 45.8 Å². The zero-order chi connectivity index (χ0) is 28.2. The van der Waals surface area contributed by atoms with E-state index in [1.807, 2.05) is 47.2 Å². The van der Waals surface area contributed by atoms with Gasteiger partial charge in [-0.1, -0.05) is 84.3 Å². The van der Waals surface area contributed by atoms with E-state index in [9.17, 15) is 30.0 Å². The van der Waals surface area contributed by atoms with Gasteiger partial charge in [-0.3, -0.25) is 9.59 Å². The third kappa shape index (κ3) is 17.2. The van der Waals surface area contributed by atoms with Gasteiger partial charge in [-0.05, 0) is 69.8 Å². The van der Waals surface area contributed by atoms with Crippen LogP contribution in [0.25, 0.3) is 11.5 Å². The smallest absolute Gasteiger partial charge is 0.872 e. The molecule has 4 aromatic rings. The third-order valence-electron chi connectivity index (χ3n) is 4.23. The van der Waals surface area contributed by atoms with Crippen molar-refractivity contribution in [3.8, 4) is 0 Å². The molecule has 0 aliphatic heterocycles. The van der Waals surface area contributed by atoms with Crippen LogP contribution in [0.2, 0.25) is 0 Å². The minimum Gasteiger partial charge on any atom is -0.872 e. The Balaban J connectivity index is 0.000000504. The van der Waals surface area contributed by atoms with E-state index in [-0.39, 0.29) is 58.0 Å². The van der Waals surface area contributed by atoms with Crippen LogP contribution in [0.5, 0.6) is 0 Å². The Hall–Kier alpha value is -3.11. The van der Waals surface area contributed by atoms with Crippen LogP contribution in [0, 0.1) is 0 Å². The number of carbonyl (C=O) groups is 2. The van der Waals surface area contributed by atoms with E-state index in [4.69, 9.17) is 0 Å². The van der Waals surface area contributed by atoms with Crippen molar-refractivity contribution in [2.24, 2.45) is 0 Å². The second kappa shape index (κ2) is 21.8. The monoisotopic (exact) mass is 596 g/mol. The number of hydrogen-bond donors (Lipinski definition) is 0. The Morgan fingerprint density at radius 3 is 1.15 bits per heavy atom. The van der Waals surface area contributed by atoms with Crippen molar-refractivity contribution < 1.29 is 51.7 Å². The van der Waals surface area contributed by atoms with Crippen LogP contribution in [0.4, 0.5) is 0 Å². The van der Waals surface area contributed by atoms with Crippen molar-refractivity contribution in [3.63, 3.8) is 0 Å². The molecule has 2 aromatic heterocycles. The number of carbonyl (C=O) groups excluding carboxylic acids is 2. The molecule has 0 N–H and O–H groups in total. The van der Waals surface area contributed by atoms with Gasteiger partial charge in [-0.25, -0.2) is 0 Å². The first-order valence-corrected chi connectivity index (χ1v) is 13.1. The molecular weight excluding hydrogens is 568 g/mol. The molecule has 4 rings (SSSR count). The minimum atomic E-state index is -0.233. The summed E-state index contributed by atoms with van der Waals surface area (Å²) in [4.78, 5) is 22.9. The first-order chi connectivity index (χ1) is 18.3. The number of ketones is 2. The van der Waals surface area contributed by atoms with Crippen LogP contribution in [0.3, 0.4) is 0 Å². The van der Waals surface area contributed by atoms with Gasteiger partial charge in [0.2, 0.25) is 0 Å². The maximum absolute atomic E-state index is 11.2. The number of benzene rings is 2. The van der Waals surface area contributed by atoms with Crippen molar-refractivity contribution in [2.75, 3.05) is 0 Å². The molecule has 2 aromatic carbocycles. The average molecular weight is 597 g/mol. The molecule has 0 atom stereocenters. The van der Waals surface area contributed by atoms with Crippen LogP contribution in [0.1, 0.15) is 34.7 Å². The topological polar surface area (TPSA) is 126 Å². The van der Waals surface area contributed by atoms with Crippen LogP contribution in [0.15, 0.2) is 108 Å². The van der Waals surface area contributed by atoms with E-state index in [1.54, 1.807) is 48.5 Å². The Labute approximate surface area is 252 Å². The van der Waals surface area contributed by atoms with Gasteiger partial charge in [-0.2, -0.15) is 22.7 Å². The normalized spacial score (nSPS) is 10.3. The number of rotatable bonds is 6. The van der Waals surface area contributed by atoms with Crippen LogP contribution in [-0.4, -0.2) is 11.6 Å². The summed E-state index contributed by atoms with van der Waals surface area (Å²) in [5.41, 5.74) is 1.10. The Bertz CT molecular complexity index is 1140. The molecule has 0 fully saturated rings. The second-order valence-electron chi connectivity index (χ2n) is 7.42. The Morgan fingerprint density at radius 2 is 0.949 bits per heavy atom. The third-order valence-corrected chi connectivity index (χ3v) is 5.93. The molecule has 0 bridgehead atoms. The van der Waals surface area contributed by atoms with E-state index >= 15 is 0 Å². The van der Waals surface area contributed by atoms with Crippen LogP contribution < -0.4 is 20.4 Å². The van der Waals surface area contributed by atoms with Crippen LogP contribution in [-0.2, 0) is 44.5 Å². The molecule has 200 valence electrons. The Kier molecular flexibility index (Phi) is 20.1. The quantitative estimate of drug-likeness (QED) is 0.191. The minimum absolute atomic E-state index is 0. The van der Waals surface area contributed by atoms with Gasteiger partial charge in [0.25, 0.3) is 0 Å². The summed E-state index contributed by atoms with van der Waals surface area (Å²) < 4.78 is 0. The average Bonchev–Trinajstić information content (AvgIpc) is 3.65. The molecule has 39 heavy (non-hydrogen) atoms. The molecule has 0 amide bonds. The summed E-state index contributed by atoms with van der Waals surface area (Å²) >= 11 is 3.02. The summed E-state index contributed by atoms with van der Waals surface area (Å²) in [7, 11) is 0. The van der Waals surface area contributed by atoms with Gasteiger partial charge in [0.1, 0.15) is 0 Å². The van der Waals surface area contributed by atoms with Gasteiger partial charge in [0.05, 0.1) is 0 Å². The first kappa shape index (κ1) is 35.9. The predicted octanol–water partition coefficient (Wildman–Crippen LogP) is 3.17. The SMILES string of the molecule is CC(=O)/C=C(\[O-])c1ccccc1.CC(=O)/C=C(\[O-])c1ccccc1.[O-]Cc1cccs1.[O-]Cc1cccs1.[Ti+4]. The van der Waals surface area contributed by atoms with E-state index in [0.29, 0.717) is 11.1 Å². The van der Waals surface area contributed by atoms with Crippen LogP contribution >= 0.6 is 22.7 Å². The number of thiophene rings is 2. The molecule has 0 aliphatic rings. The van der Waals surface area contributed by atoms with E-state index in [0.717, 1.165) is 21.9 Å². The summed E-state index contributed by atoms with van der Waals surface area (Å²) in [6, 6.07) is 24.9. The fourth-order valence-corrected chi connectivity index (χ4v) is 3.64. The Morgan fingerprint density at radius 1 is 0.615 bits per heavy atom. The standard InChI is InChI=1S/2C10H10O2.2C5H5OS.Ti/c2*1-8(11)7-10(12)9-5-3-2-4-6-9;2*6-4-5-2-1-3-7-5;/h2*2-7,12H,1H3;2*1-3H,4H2;/q;;2*-1;+4/p-2/b2*10-7-;;;. The van der Waals surface area contributed by atoms with Gasteiger partial charge >= 0.3 is 21.7 Å². The maximum atomic E-state index is 11.2. The summed E-state index contributed by atoms with van der Waals surface area (Å²) in [5.74, 6) is -0.904. The molecule has 0 spiro atoms. The van der Waals surface area contributed by atoms with E-state index < -0.39 is 0 Å². The number of allylic oxidation sites excluding steroid dienone is 2. The fourth-order valence-electron chi connectivity index (χ4n) is 2.53. The molecule has 0 unspecified atom stereocenters. The number of hydrogen-bond acceptors (Lipinski definition) is 8.